The van der Waals surface area contributed by atoms with Crippen molar-refractivity contribution in [1.82, 2.24) is 4.98 Å². The largest absolute Gasteiger partial charge is 0.378 e. The van der Waals surface area contributed by atoms with Crippen LogP contribution in [0.3, 0.4) is 0 Å². The molecule has 0 saturated carbocycles. The van der Waals surface area contributed by atoms with Crippen LogP contribution in [0.1, 0.15) is 90.0 Å². The number of hydrogen-bond acceptors (Lipinski definition) is 3. The fourth-order valence-corrected chi connectivity index (χ4v) is 3.94. The van der Waals surface area contributed by atoms with Crippen LogP contribution in [0.5, 0.6) is 0 Å². The molecule has 1 aromatic rings. The van der Waals surface area contributed by atoms with Crippen molar-refractivity contribution in [2.75, 3.05) is 18.1 Å². The predicted octanol–water partition coefficient (Wildman–Crippen LogP) is 7.07. The van der Waals surface area contributed by atoms with Gasteiger partial charge in [-0.3, -0.25) is 4.98 Å². The topological polar surface area (TPSA) is 22.1 Å². The van der Waals surface area contributed by atoms with E-state index in [0.717, 1.165) is 12.4 Å². The number of unbranched alkanes of at least 4 members (excludes halogenated alkanes) is 10. The van der Waals surface area contributed by atoms with Gasteiger partial charge in [-0.15, -0.1) is 0 Å². The standard InChI is InChI=1S/C23H41NOS/c1-22(2)25-18-20-26-19-13-11-9-7-5-3-4-6-8-10-12-15-23-16-14-17-24-21-23/h14,16-17,21-22H,3-13,15,18-20H2,1-2H3. The Balaban J connectivity index is 1.70. The van der Waals surface area contributed by atoms with E-state index in [0.29, 0.717) is 6.10 Å². The van der Waals surface area contributed by atoms with Crippen molar-refractivity contribution in [3.63, 3.8) is 0 Å². The first-order valence-corrected chi connectivity index (χ1v) is 12.0. The van der Waals surface area contributed by atoms with Crippen LogP contribution in [0.15, 0.2) is 24.5 Å². The molecular formula is C23H41NOS. The minimum absolute atomic E-state index is 0.377. The lowest BCUT2D eigenvalue weighted by atomic mass is 10.0. The van der Waals surface area contributed by atoms with Crippen molar-refractivity contribution in [2.24, 2.45) is 0 Å². The third kappa shape index (κ3) is 15.7. The van der Waals surface area contributed by atoms with E-state index in [2.05, 4.69) is 24.9 Å². The molecule has 0 saturated heterocycles. The Morgan fingerprint density at radius 1 is 0.846 bits per heavy atom. The summed E-state index contributed by atoms with van der Waals surface area (Å²) < 4.78 is 5.55. The zero-order valence-corrected chi connectivity index (χ0v) is 18.1. The number of ether oxygens (including phenoxy) is 1. The second kappa shape index (κ2) is 17.9. The summed E-state index contributed by atoms with van der Waals surface area (Å²) >= 11 is 2.05. The van der Waals surface area contributed by atoms with Crippen molar-refractivity contribution < 1.29 is 4.74 Å². The molecule has 1 aromatic heterocycles. The van der Waals surface area contributed by atoms with Crippen molar-refractivity contribution in [3.8, 4) is 0 Å². The fourth-order valence-electron chi connectivity index (χ4n) is 3.12. The Kier molecular flexibility index (Phi) is 16.1. The molecule has 0 aromatic carbocycles. The quantitative estimate of drug-likeness (QED) is 0.255. The van der Waals surface area contributed by atoms with Gasteiger partial charge in [-0.25, -0.2) is 0 Å². The number of nitrogens with zero attached hydrogens (tertiary/aromatic N) is 1. The van der Waals surface area contributed by atoms with Crippen LogP contribution in [-0.2, 0) is 11.2 Å². The lowest BCUT2D eigenvalue weighted by molar-refractivity contribution is 0.0920. The van der Waals surface area contributed by atoms with E-state index in [9.17, 15) is 0 Å². The van der Waals surface area contributed by atoms with E-state index in [-0.39, 0.29) is 0 Å². The minimum atomic E-state index is 0.377. The highest BCUT2D eigenvalue weighted by Gasteiger charge is 1.96. The molecule has 0 aliphatic carbocycles. The molecule has 0 fully saturated rings. The van der Waals surface area contributed by atoms with Gasteiger partial charge < -0.3 is 4.74 Å². The number of pyridine rings is 1. The zero-order chi connectivity index (χ0) is 18.7. The van der Waals surface area contributed by atoms with Crippen molar-refractivity contribution in [2.45, 2.75) is 97.0 Å². The van der Waals surface area contributed by atoms with Gasteiger partial charge in [0.05, 0.1) is 12.7 Å². The molecule has 1 heterocycles. The Morgan fingerprint density at radius 3 is 2.04 bits per heavy atom. The molecule has 0 unspecified atom stereocenters. The molecule has 2 nitrogen and oxygen atoms in total. The van der Waals surface area contributed by atoms with E-state index < -0.39 is 0 Å². The second-order valence-corrected chi connectivity index (χ2v) is 8.76. The van der Waals surface area contributed by atoms with E-state index in [4.69, 9.17) is 4.74 Å². The average molecular weight is 380 g/mol. The molecule has 0 amide bonds. The molecule has 0 atom stereocenters. The third-order valence-electron chi connectivity index (χ3n) is 4.66. The number of thioether (sulfide) groups is 1. The van der Waals surface area contributed by atoms with E-state index in [1.165, 1.54) is 88.4 Å². The maximum Gasteiger partial charge on any atom is 0.0560 e. The smallest absolute Gasteiger partial charge is 0.0560 e. The summed E-state index contributed by atoms with van der Waals surface area (Å²) in [7, 11) is 0. The Bertz CT molecular complexity index is 396. The first-order chi connectivity index (χ1) is 12.8. The fraction of sp³-hybridized carbons (Fsp3) is 0.783. The number of aromatic nitrogens is 1. The molecule has 26 heavy (non-hydrogen) atoms. The van der Waals surface area contributed by atoms with Gasteiger partial charge in [-0.05, 0) is 50.5 Å². The molecule has 0 bridgehead atoms. The van der Waals surface area contributed by atoms with E-state index in [1.54, 1.807) is 0 Å². The highest BCUT2D eigenvalue weighted by molar-refractivity contribution is 7.99. The van der Waals surface area contributed by atoms with E-state index in [1.807, 2.05) is 30.2 Å². The number of aryl methyl sites for hydroxylation is 1. The van der Waals surface area contributed by atoms with Crippen LogP contribution < -0.4 is 0 Å². The number of hydrogen-bond donors (Lipinski definition) is 0. The summed E-state index contributed by atoms with van der Waals surface area (Å²) in [6, 6.07) is 4.23. The Labute approximate surface area is 166 Å². The molecule has 0 spiro atoms. The minimum Gasteiger partial charge on any atom is -0.378 e. The Morgan fingerprint density at radius 2 is 1.46 bits per heavy atom. The van der Waals surface area contributed by atoms with Crippen molar-refractivity contribution >= 4 is 11.8 Å². The van der Waals surface area contributed by atoms with Crippen LogP contribution in [-0.4, -0.2) is 29.2 Å². The van der Waals surface area contributed by atoms with Gasteiger partial charge in [0, 0.05) is 18.1 Å². The highest BCUT2D eigenvalue weighted by Crippen LogP contribution is 2.13. The second-order valence-electron chi connectivity index (χ2n) is 7.53. The maximum absolute atomic E-state index is 5.55. The van der Waals surface area contributed by atoms with Crippen LogP contribution in [0.4, 0.5) is 0 Å². The maximum atomic E-state index is 5.55. The van der Waals surface area contributed by atoms with Gasteiger partial charge in [0.2, 0.25) is 0 Å². The summed E-state index contributed by atoms with van der Waals surface area (Å²) in [5.74, 6) is 2.46. The highest BCUT2D eigenvalue weighted by atomic mass is 32.2. The summed E-state index contributed by atoms with van der Waals surface area (Å²) in [4.78, 5) is 4.18. The molecule has 0 radical (unpaired) electrons. The molecular weight excluding hydrogens is 338 g/mol. The summed E-state index contributed by atoms with van der Waals surface area (Å²) in [6.07, 6.45) is 20.9. The van der Waals surface area contributed by atoms with Gasteiger partial charge in [0.25, 0.3) is 0 Å². The van der Waals surface area contributed by atoms with Gasteiger partial charge in [0.1, 0.15) is 0 Å². The lowest BCUT2D eigenvalue weighted by Crippen LogP contribution is -2.05. The lowest BCUT2D eigenvalue weighted by Gasteiger charge is -2.07. The van der Waals surface area contributed by atoms with Gasteiger partial charge in [0.15, 0.2) is 0 Å². The molecule has 0 aliphatic rings. The van der Waals surface area contributed by atoms with E-state index >= 15 is 0 Å². The summed E-state index contributed by atoms with van der Waals surface area (Å²) in [5.41, 5.74) is 1.38. The third-order valence-corrected chi connectivity index (χ3v) is 5.69. The summed E-state index contributed by atoms with van der Waals surface area (Å²) in [6.45, 7) is 5.12. The van der Waals surface area contributed by atoms with Crippen LogP contribution in [0.2, 0.25) is 0 Å². The summed E-state index contributed by atoms with van der Waals surface area (Å²) in [5, 5.41) is 0. The van der Waals surface area contributed by atoms with Gasteiger partial charge in [-0.1, -0.05) is 63.9 Å². The normalized spacial score (nSPS) is 11.3. The van der Waals surface area contributed by atoms with Crippen molar-refractivity contribution in [3.05, 3.63) is 30.1 Å². The van der Waals surface area contributed by atoms with Crippen LogP contribution in [0, 0.1) is 0 Å². The average Bonchev–Trinajstić information content (AvgIpc) is 2.65. The first kappa shape index (κ1) is 23.5. The molecule has 150 valence electrons. The molecule has 0 aliphatic heterocycles. The molecule has 0 N–H and O–H groups in total. The molecule has 1 rings (SSSR count). The SMILES string of the molecule is CC(C)OCCSCCCCCCCCCCCCCc1cccnc1. The number of rotatable bonds is 18. The van der Waals surface area contributed by atoms with Crippen LogP contribution >= 0.6 is 11.8 Å². The monoisotopic (exact) mass is 379 g/mol. The Hall–Kier alpha value is -0.540. The van der Waals surface area contributed by atoms with Gasteiger partial charge >= 0.3 is 0 Å². The van der Waals surface area contributed by atoms with Crippen LogP contribution in [0.25, 0.3) is 0 Å². The predicted molar refractivity (Wildman–Crippen MR) is 117 cm³/mol. The zero-order valence-electron chi connectivity index (χ0n) is 17.3. The molecule has 3 heteroatoms. The van der Waals surface area contributed by atoms with Crippen molar-refractivity contribution in [1.29, 1.82) is 0 Å². The first-order valence-electron chi connectivity index (χ1n) is 10.9. The van der Waals surface area contributed by atoms with Gasteiger partial charge in [-0.2, -0.15) is 11.8 Å².